The van der Waals surface area contributed by atoms with Gasteiger partial charge in [-0.1, -0.05) is 15.9 Å². The Kier molecular flexibility index (Phi) is 5.30. The van der Waals surface area contributed by atoms with E-state index in [2.05, 4.69) is 26.6 Å². The number of carbonyl (C=O) groups excluding carboxylic acids is 2. The zero-order valence-electron chi connectivity index (χ0n) is 9.12. The van der Waals surface area contributed by atoms with Gasteiger partial charge in [0.2, 0.25) is 5.91 Å². The van der Waals surface area contributed by atoms with Crippen LogP contribution in [0.1, 0.15) is 0 Å². The molecule has 1 aromatic rings. The van der Waals surface area contributed by atoms with Gasteiger partial charge in [0.15, 0.2) is 0 Å². The molecule has 1 aromatic carbocycles. The number of carbonyl (C=O) groups is 2. The number of rotatable bonds is 3. The van der Waals surface area contributed by atoms with Gasteiger partial charge in [0.05, 0.1) is 5.75 Å². The van der Waals surface area contributed by atoms with Crippen molar-refractivity contribution in [2.45, 2.75) is 4.90 Å². The summed E-state index contributed by atoms with van der Waals surface area (Å²) in [5, 5.41) is 4.47. The fraction of sp³-hybridized carbons (Fsp3) is 0.200. The normalized spacial score (nSPS) is 9.76. The van der Waals surface area contributed by atoms with Gasteiger partial charge in [0, 0.05) is 22.1 Å². The molecule has 92 valence electrons. The molecule has 0 aromatic heterocycles. The van der Waals surface area contributed by atoms with Gasteiger partial charge in [0.1, 0.15) is 0 Å². The van der Waals surface area contributed by atoms with Gasteiger partial charge < -0.3 is 11.1 Å². The van der Waals surface area contributed by atoms with Gasteiger partial charge in [-0.2, -0.15) is 0 Å². The lowest BCUT2D eigenvalue weighted by molar-refractivity contribution is -0.117. The average molecular weight is 318 g/mol. The number of nitrogens with one attached hydrogen (secondary N) is 2. The van der Waals surface area contributed by atoms with Crippen LogP contribution in [0.25, 0.3) is 0 Å². The lowest BCUT2D eigenvalue weighted by Gasteiger charge is -2.06. The van der Waals surface area contributed by atoms with Crippen molar-refractivity contribution in [3.05, 3.63) is 22.7 Å². The highest BCUT2D eigenvalue weighted by Crippen LogP contribution is 2.27. The van der Waals surface area contributed by atoms with E-state index in [1.54, 1.807) is 6.07 Å². The van der Waals surface area contributed by atoms with E-state index in [1.165, 1.54) is 18.8 Å². The molecular formula is C10H12BrN3O2S. The highest BCUT2D eigenvalue weighted by molar-refractivity contribution is 9.10. The number of amides is 3. The molecule has 7 heteroatoms. The van der Waals surface area contributed by atoms with Crippen molar-refractivity contribution in [3.8, 4) is 0 Å². The molecule has 3 amide bonds. The molecule has 4 N–H and O–H groups in total. The minimum absolute atomic E-state index is 0.138. The number of hydrogen-bond donors (Lipinski definition) is 3. The summed E-state index contributed by atoms with van der Waals surface area (Å²) in [5.74, 6) is -0.226. The highest BCUT2D eigenvalue weighted by Gasteiger charge is 2.08. The molecule has 0 saturated heterocycles. The predicted octanol–water partition coefficient (Wildman–Crippen LogP) is 1.58. The number of nitrogens with two attached hydrogens (primary N) is 1. The summed E-state index contributed by atoms with van der Waals surface area (Å²) in [6.45, 7) is 0. The molecule has 0 aliphatic rings. The van der Waals surface area contributed by atoms with Crippen molar-refractivity contribution in [1.82, 2.24) is 10.6 Å². The predicted molar refractivity (Wildman–Crippen MR) is 71.9 cm³/mol. The number of halogens is 1. The van der Waals surface area contributed by atoms with Crippen LogP contribution in [0, 0.1) is 0 Å². The van der Waals surface area contributed by atoms with E-state index in [4.69, 9.17) is 5.73 Å². The van der Waals surface area contributed by atoms with Crippen LogP contribution in [0.5, 0.6) is 0 Å². The SMILES string of the molecule is CNC(=O)NC(=O)CSc1ccc(Br)cc1N. The maximum Gasteiger partial charge on any atom is 0.321 e. The summed E-state index contributed by atoms with van der Waals surface area (Å²) in [6, 6.07) is 4.91. The maximum absolute atomic E-state index is 11.3. The molecule has 0 spiro atoms. The van der Waals surface area contributed by atoms with E-state index in [1.807, 2.05) is 12.1 Å². The van der Waals surface area contributed by atoms with Gasteiger partial charge in [-0.3, -0.25) is 10.1 Å². The van der Waals surface area contributed by atoms with E-state index in [0.717, 1.165) is 9.37 Å². The lowest BCUT2D eigenvalue weighted by atomic mass is 10.3. The Bertz CT molecular complexity index is 440. The molecule has 1 rings (SSSR count). The summed E-state index contributed by atoms with van der Waals surface area (Å²) < 4.78 is 0.883. The van der Waals surface area contributed by atoms with Crippen molar-refractivity contribution < 1.29 is 9.59 Å². The molecule has 0 saturated carbocycles. The topological polar surface area (TPSA) is 84.2 Å². The van der Waals surface area contributed by atoms with Gasteiger partial charge in [-0.25, -0.2) is 4.79 Å². The van der Waals surface area contributed by atoms with E-state index in [9.17, 15) is 9.59 Å². The number of hydrogen-bond acceptors (Lipinski definition) is 4. The summed E-state index contributed by atoms with van der Waals surface area (Å²) >= 11 is 4.58. The van der Waals surface area contributed by atoms with Gasteiger partial charge in [-0.05, 0) is 18.2 Å². The smallest absolute Gasteiger partial charge is 0.321 e. The number of benzene rings is 1. The summed E-state index contributed by atoms with van der Waals surface area (Å²) in [7, 11) is 1.45. The first kappa shape index (κ1) is 13.9. The van der Waals surface area contributed by atoms with E-state index in [-0.39, 0.29) is 11.7 Å². The minimum Gasteiger partial charge on any atom is -0.398 e. The van der Waals surface area contributed by atoms with Crippen LogP contribution < -0.4 is 16.4 Å². The zero-order valence-corrected chi connectivity index (χ0v) is 11.5. The van der Waals surface area contributed by atoms with Gasteiger partial charge in [0.25, 0.3) is 0 Å². The Morgan fingerprint density at radius 3 is 2.76 bits per heavy atom. The first-order valence-corrected chi connectivity index (χ1v) is 6.50. The van der Waals surface area contributed by atoms with Crippen molar-refractivity contribution in [1.29, 1.82) is 0 Å². The monoisotopic (exact) mass is 317 g/mol. The third kappa shape index (κ3) is 4.66. The number of anilines is 1. The molecule has 0 aliphatic carbocycles. The average Bonchev–Trinajstić information content (AvgIpc) is 2.27. The second-order valence-corrected chi connectivity index (χ2v) is 5.03. The highest BCUT2D eigenvalue weighted by atomic mass is 79.9. The van der Waals surface area contributed by atoms with Crippen LogP contribution in [-0.2, 0) is 4.79 Å². The van der Waals surface area contributed by atoms with Crippen LogP contribution in [-0.4, -0.2) is 24.7 Å². The van der Waals surface area contributed by atoms with E-state index < -0.39 is 6.03 Å². The molecule has 0 aliphatic heterocycles. The first-order chi connectivity index (χ1) is 8.02. The van der Waals surface area contributed by atoms with Crippen LogP contribution in [0.3, 0.4) is 0 Å². The van der Waals surface area contributed by atoms with E-state index in [0.29, 0.717) is 5.69 Å². The van der Waals surface area contributed by atoms with Crippen molar-refractivity contribution in [3.63, 3.8) is 0 Å². The molecule has 0 fully saturated rings. The number of imide groups is 1. The van der Waals surface area contributed by atoms with Gasteiger partial charge in [-0.15, -0.1) is 11.8 Å². The van der Waals surface area contributed by atoms with Crippen molar-refractivity contribution in [2.75, 3.05) is 18.5 Å². The summed E-state index contributed by atoms with van der Waals surface area (Å²) in [4.78, 5) is 23.0. The largest absolute Gasteiger partial charge is 0.398 e. The standard InChI is InChI=1S/C10H12BrN3O2S/c1-13-10(16)14-9(15)5-17-8-3-2-6(11)4-7(8)12/h2-4H,5,12H2,1H3,(H2,13,14,15,16). The molecule has 17 heavy (non-hydrogen) atoms. The summed E-state index contributed by atoms with van der Waals surface area (Å²) in [6.07, 6.45) is 0. The quantitative estimate of drug-likeness (QED) is 0.583. The second-order valence-electron chi connectivity index (χ2n) is 3.10. The Morgan fingerprint density at radius 1 is 1.47 bits per heavy atom. The maximum atomic E-state index is 11.3. The fourth-order valence-electron chi connectivity index (χ4n) is 1.02. The van der Waals surface area contributed by atoms with Crippen LogP contribution in [0.2, 0.25) is 0 Å². The van der Waals surface area contributed by atoms with Crippen LogP contribution >= 0.6 is 27.7 Å². The fourth-order valence-corrected chi connectivity index (χ4v) is 2.15. The van der Waals surface area contributed by atoms with Crippen LogP contribution in [0.4, 0.5) is 10.5 Å². The summed E-state index contributed by atoms with van der Waals surface area (Å²) in [5.41, 5.74) is 6.37. The minimum atomic E-state index is -0.514. The second kappa shape index (κ2) is 6.51. The van der Waals surface area contributed by atoms with Crippen molar-refractivity contribution >= 4 is 45.3 Å². The molecule has 5 nitrogen and oxygen atoms in total. The Morgan fingerprint density at radius 2 is 2.18 bits per heavy atom. The molecule has 0 unspecified atom stereocenters. The Hall–Kier alpha value is -1.21. The number of thioether (sulfide) groups is 1. The zero-order chi connectivity index (χ0) is 12.8. The van der Waals surface area contributed by atoms with E-state index >= 15 is 0 Å². The molecular weight excluding hydrogens is 306 g/mol. The van der Waals surface area contributed by atoms with Crippen molar-refractivity contribution in [2.24, 2.45) is 0 Å². The third-order valence-electron chi connectivity index (χ3n) is 1.81. The number of nitrogen functional groups attached to an aromatic ring is 1. The molecule has 0 radical (unpaired) electrons. The Labute approximate surface area is 112 Å². The molecule has 0 heterocycles. The van der Waals surface area contributed by atoms with Gasteiger partial charge >= 0.3 is 6.03 Å². The third-order valence-corrected chi connectivity index (χ3v) is 3.39. The first-order valence-electron chi connectivity index (χ1n) is 4.72. The molecule has 0 bridgehead atoms. The van der Waals surface area contributed by atoms with Crippen LogP contribution in [0.15, 0.2) is 27.6 Å². The lowest BCUT2D eigenvalue weighted by Crippen LogP contribution is -2.38. The number of urea groups is 1. The Balaban J connectivity index is 2.50. The molecule has 0 atom stereocenters.